The SMILES string of the molecule is C[C@H]1Cc2ccccc2N1S(=O)(=O)c1cccc(C(=O)Nc2ccc3c(c2)OCCCO3)c1. The number of ether oxygens (including phenoxy) is 2. The first-order valence-corrected chi connectivity index (χ1v) is 12.3. The second-order valence-corrected chi connectivity index (χ2v) is 9.99. The van der Waals surface area contributed by atoms with E-state index in [2.05, 4.69) is 5.32 Å². The van der Waals surface area contributed by atoms with Gasteiger partial charge in [-0.2, -0.15) is 0 Å². The van der Waals surface area contributed by atoms with Crippen molar-refractivity contribution in [3.63, 3.8) is 0 Å². The smallest absolute Gasteiger partial charge is 0.264 e. The minimum atomic E-state index is -3.83. The number of para-hydroxylation sites is 1. The van der Waals surface area contributed by atoms with Crippen LogP contribution in [0, 0.1) is 0 Å². The van der Waals surface area contributed by atoms with E-state index in [-0.39, 0.29) is 16.5 Å². The molecule has 0 saturated carbocycles. The number of benzene rings is 3. The number of sulfonamides is 1. The summed E-state index contributed by atoms with van der Waals surface area (Å²) in [5.74, 6) is 0.804. The molecule has 0 saturated heterocycles. The highest BCUT2D eigenvalue weighted by Gasteiger charge is 2.36. The normalized spacial score (nSPS) is 17.2. The van der Waals surface area contributed by atoms with Crippen LogP contribution in [0.5, 0.6) is 11.5 Å². The topological polar surface area (TPSA) is 84.9 Å². The van der Waals surface area contributed by atoms with Crippen LogP contribution in [-0.2, 0) is 16.4 Å². The number of rotatable bonds is 4. The van der Waals surface area contributed by atoms with Crippen LogP contribution in [0.4, 0.5) is 11.4 Å². The van der Waals surface area contributed by atoms with E-state index in [1.807, 2.05) is 31.2 Å². The second-order valence-electron chi connectivity index (χ2n) is 8.18. The lowest BCUT2D eigenvalue weighted by molar-refractivity contribution is 0.102. The fourth-order valence-electron chi connectivity index (χ4n) is 4.26. The molecule has 0 radical (unpaired) electrons. The van der Waals surface area contributed by atoms with Gasteiger partial charge in [-0.15, -0.1) is 0 Å². The van der Waals surface area contributed by atoms with Crippen LogP contribution in [-0.4, -0.2) is 33.6 Å². The molecule has 1 amide bonds. The van der Waals surface area contributed by atoms with Crippen molar-refractivity contribution in [3.8, 4) is 11.5 Å². The zero-order chi connectivity index (χ0) is 23.0. The van der Waals surface area contributed by atoms with E-state index in [1.54, 1.807) is 30.3 Å². The summed E-state index contributed by atoms with van der Waals surface area (Å²) in [6.07, 6.45) is 1.44. The summed E-state index contributed by atoms with van der Waals surface area (Å²) in [6.45, 7) is 3.01. The maximum absolute atomic E-state index is 13.5. The van der Waals surface area contributed by atoms with Crippen LogP contribution in [0.1, 0.15) is 29.3 Å². The van der Waals surface area contributed by atoms with Crippen molar-refractivity contribution in [1.82, 2.24) is 0 Å². The van der Waals surface area contributed by atoms with Crippen LogP contribution < -0.4 is 19.1 Å². The van der Waals surface area contributed by atoms with Crippen molar-refractivity contribution < 1.29 is 22.7 Å². The number of fused-ring (bicyclic) bond motifs is 2. The molecule has 33 heavy (non-hydrogen) atoms. The van der Waals surface area contributed by atoms with Gasteiger partial charge in [0.15, 0.2) is 11.5 Å². The van der Waals surface area contributed by atoms with E-state index in [1.165, 1.54) is 16.4 Å². The molecule has 0 aliphatic carbocycles. The largest absolute Gasteiger partial charge is 0.490 e. The summed E-state index contributed by atoms with van der Waals surface area (Å²) in [4.78, 5) is 13.0. The lowest BCUT2D eigenvalue weighted by Crippen LogP contribution is -2.35. The Morgan fingerprint density at radius 3 is 2.61 bits per heavy atom. The highest BCUT2D eigenvalue weighted by atomic mass is 32.2. The van der Waals surface area contributed by atoms with Gasteiger partial charge in [-0.25, -0.2) is 8.42 Å². The summed E-state index contributed by atoms with van der Waals surface area (Å²) in [5.41, 5.74) is 2.48. The number of amides is 1. The van der Waals surface area contributed by atoms with Gasteiger partial charge in [-0.1, -0.05) is 24.3 Å². The lowest BCUT2D eigenvalue weighted by atomic mass is 10.1. The van der Waals surface area contributed by atoms with Gasteiger partial charge >= 0.3 is 0 Å². The van der Waals surface area contributed by atoms with Gasteiger partial charge in [-0.3, -0.25) is 9.10 Å². The van der Waals surface area contributed by atoms with Crippen molar-refractivity contribution in [2.75, 3.05) is 22.8 Å². The molecule has 2 aliphatic heterocycles. The van der Waals surface area contributed by atoms with E-state index in [4.69, 9.17) is 9.47 Å². The van der Waals surface area contributed by atoms with Crippen molar-refractivity contribution in [3.05, 3.63) is 77.9 Å². The number of nitrogens with one attached hydrogen (secondary N) is 1. The molecule has 3 aromatic carbocycles. The van der Waals surface area contributed by atoms with E-state index in [9.17, 15) is 13.2 Å². The van der Waals surface area contributed by atoms with Crippen molar-refractivity contribution in [2.45, 2.75) is 30.7 Å². The molecule has 0 spiro atoms. The predicted octanol–water partition coefficient (Wildman–Crippen LogP) is 4.24. The van der Waals surface area contributed by atoms with Crippen LogP contribution >= 0.6 is 0 Å². The van der Waals surface area contributed by atoms with Gasteiger partial charge in [-0.05, 0) is 55.3 Å². The molecular formula is C25H24N2O5S. The summed E-state index contributed by atoms with van der Waals surface area (Å²) in [5, 5.41) is 2.82. The van der Waals surface area contributed by atoms with Crippen LogP contribution in [0.25, 0.3) is 0 Å². The van der Waals surface area contributed by atoms with Crippen molar-refractivity contribution in [2.24, 2.45) is 0 Å². The molecule has 2 heterocycles. The molecule has 8 heteroatoms. The fraction of sp³-hybridized carbons (Fsp3) is 0.240. The second kappa shape index (κ2) is 8.44. The first kappa shape index (κ1) is 21.3. The molecule has 1 atom stereocenters. The number of hydrogen-bond donors (Lipinski definition) is 1. The third kappa shape index (κ3) is 4.02. The zero-order valence-electron chi connectivity index (χ0n) is 18.2. The average Bonchev–Trinajstić information content (AvgIpc) is 2.99. The Kier molecular flexibility index (Phi) is 5.46. The Morgan fingerprint density at radius 2 is 1.76 bits per heavy atom. The number of hydrogen-bond acceptors (Lipinski definition) is 5. The van der Waals surface area contributed by atoms with E-state index in [0.29, 0.717) is 42.5 Å². The summed E-state index contributed by atoms with van der Waals surface area (Å²) in [7, 11) is -3.83. The average molecular weight is 465 g/mol. The number of nitrogens with zero attached hydrogens (tertiary/aromatic N) is 1. The summed E-state index contributed by atoms with van der Waals surface area (Å²) < 4.78 is 39.7. The molecule has 0 aromatic heterocycles. The highest BCUT2D eigenvalue weighted by molar-refractivity contribution is 7.92. The quantitative estimate of drug-likeness (QED) is 0.624. The fourth-order valence-corrected chi connectivity index (χ4v) is 6.00. The van der Waals surface area contributed by atoms with Gasteiger partial charge in [0.2, 0.25) is 0 Å². The lowest BCUT2D eigenvalue weighted by Gasteiger charge is -2.24. The molecular weight excluding hydrogens is 440 g/mol. The molecule has 0 fully saturated rings. The number of carbonyl (C=O) groups is 1. The highest BCUT2D eigenvalue weighted by Crippen LogP contribution is 2.37. The zero-order valence-corrected chi connectivity index (χ0v) is 19.0. The molecule has 7 nitrogen and oxygen atoms in total. The first-order valence-electron chi connectivity index (χ1n) is 10.9. The number of carbonyl (C=O) groups excluding carboxylic acids is 1. The Morgan fingerprint density at radius 1 is 0.970 bits per heavy atom. The Bertz CT molecular complexity index is 1320. The summed E-state index contributed by atoms with van der Waals surface area (Å²) >= 11 is 0. The van der Waals surface area contributed by atoms with Crippen molar-refractivity contribution in [1.29, 1.82) is 0 Å². The molecule has 0 unspecified atom stereocenters. The molecule has 3 aromatic rings. The van der Waals surface area contributed by atoms with Gasteiger partial charge in [0.05, 0.1) is 23.8 Å². The maximum atomic E-state index is 13.5. The van der Waals surface area contributed by atoms with E-state index >= 15 is 0 Å². The minimum Gasteiger partial charge on any atom is -0.490 e. The van der Waals surface area contributed by atoms with Gasteiger partial charge in [0.25, 0.3) is 15.9 Å². The van der Waals surface area contributed by atoms with Gasteiger partial charge in [0.1, 0.15) is 0 Å². The Hall–Kier alpha value is -3.52. The molecule has 0 bridgehead atoms. The van der Waals surface area contributed by atoms with Crippen LogP contribution in [0.15, 0.2) is 71.6 Å². The Labute approximate surface area is 193 Å². The van der Waals surface area contributed by atoms with Gasteiger partial charge < -0.3 is 14.8 Å². The number of anilines is 2. The first-order chi connectivity index (χ1) is 15.9. The van der Waals surface area contributed by atoms with E-state index < -0.39 is 15.9 Å². The van der Waals surface area contributed by atoms with Gasteiger partial charge in [0, 0.05) is 29.8 Å². The van der Waals surface area contributed by atoms with E-state index in [0.717, 1.165) is 12.0 Å². The predicted molar refractivity (Wildman–Crippen MR) is 126 cm³/mol. The maximum Gasteiger partial charge on any atom is 0.264 e. The molecule has 5 rings (SSSR count). The minimum absolute atomic E-state index is 0.0809. The molecule has 170 valence electrons. The molecule has 2 aliphatic rings. The third-order valence-electron chi connectivity index (χ3n) is 5.80. The monoisotopic (exact) mass is 464 g/mol. The Balaban J connectivity index is 1.40. The van der Waals surface area contributed by atoms with Crippen LogP contribution in [0.2, 0.25) is 0 Å². The van der Waals surface area contributed by atoms with Crippen molar-refractivity contribution >= 4 is 27.3 Å². The van der Waals surface area contributed by atoms with Crippen LogP contribution in [0.3, 0.4) is 0 Å². The third-order valence-corrected chi connectivity index (χ3v) is 7.73. The summed E-state index contributed by atoms with van der Waals surface area (Å²) in [6, 6.07) is 18.6. The molecule has 1 N–H and O–H groups in total. The standard InChI is InChI=1S/C25H24N2O5S/c1-17-14-18-6-2-3-9-22(18)27(17)33(29,30)21-8-4-7-19(15-21)25(28)26-20-10-11-23-24(16-20)32-13-5-12-31-23/h2-4,6-11,15-17H,5,12-14H2,1H3,(H,26,28)/t17-/m0/s1.